The molecule has 0 amide bonds. The summed E-state index contributed by atoms with van der Waals surface area (Å²) in [5.41, 5.74) is 2.26. The number of hydrogen-bond acceptors (Lipinski definition) is 8. The van der Waals surface area contributed by atoms with Gasteiger partial charge in [-0.2, -0.15) is 0 Å². The highest BCUT2D eigenvalue weighted by Gasteiger charge is 2.17. The lowest BCUT2D eigenvalue weighted by molar-refractivity contribution is 0.0680. The zero-order chi connectivity index (χ0) is 15.2. The Kier molecular flexibility index (Phi) is 4.74. The average molecular weight is 325 g/mol. The van der Waals surface area contributed by atoms with Gasteiger partial charge in [-0.1, -0.05) is 4.49 Å². The van der Waals surface area contributed by atoms with Gasteiger partial charge in [0.15, 0.2) is 11.4 Å². The molecule has 0 saturated carbocycles. The summed E-state index contributed by atoms with van der Waals surface area (Å²) in [5.74, 6) is -2.05. The van der Waals surface area contributed by atoms with E-state index in [4.69, 9.17) is 14.6 Å². The SMILES string of the molecule is O=C(O)c1cscn1.O=C(O)c1nnsc1-c1ccoc1. The molecular formula is C11H7N3O5S2. The summed E-state index contributed by atoms with van der Waals surface area (Å²) in [7, 11) is 0. The number of carbonyl (C=O) groups is 2. The van der Waals surface area contributed by atoms with Crippen molar-refractivity contribution in [1.29, 1.82) is 0 Å². The Morgan fingerprint density at radius 3 is 2.52 bits per heavy atom. The third-order valence-corrected chi connectivity index (χ3v) is 3.49. The van der Waals surface area contributed by atoms with Crippen LogP contribution in [0.1, 0.15) is 21.0 Å². The number of aromatic carboxylic acids is 2. The summed E-state index contributed by atoms with van der Waals surface area (Å²) >= 11 is 2.31. The first-order valence-corrected chi connectivity index (χ1v) is 7.01. The smallest absolute Gasteiger partial charge is 0.358 e. The standard InChI is InChI=1S/C7H4N2O3S.C4H3NO2S/c10-7(11)5-6(13-9-8-5)4-1-2-12-3-4;6-4(7)3-1-8-2-5-3/h1-3H,(H,10,11);1-2H,(H,6,7). The van der Waals surface area contributed by atoms with Crippen LogP contribution in [0.4, 0.5) is 0 Å². The largest absolute Gasteiger partial charge is 0.476 e. The number of carboxylic acid groups (broad SMARTS) is 2. The van der Waals surface area contributed by atoms with Crippen LogP contribution in [0.5, 0.6) is 0 Å². The topological polar surface area (TPSA) is 126 Å². The van der Waals surface area contributed by atoms with Crippen LogP contribution >= 0.6 is 22.9 Å². The Hall–Kier alpha value is -2.59. The first-order valence-electron chi connectivity index (χ1n) is 5.29. The van der Waals surface area contributed by atoms with Crippen LogP contribution in [0.25, 0.3) is 10.4 Å². The molecule has 21 heavy (non-hydrogen) atoms. The Morgan fingerprint density at radius 2 is 2.05 bits per heavy atom. The molecule has 0 fully saturated rings. The molecule has 8 nitrogen and oxygen atoms in total. The number of aromatic nitrogens is 3. The van der Waals surface area contributed by atoms with Crippen LogP contribution in [-0.4, -0.2) is 36.7 Å². The maximum atomic E-state index is 10.7. The van der Waals surface area contributed by atoms with Crippen molar-refractivity contribution in [3.63, 3.8) is 0 Å². The first kappa shape index (κ1) is 14.8. The van der Waals surface area contributed by atoms with Crippen LogP contribution in [0.15, 0.2) is 33.9 Å². The lowest BCUT2D eigenvalue weighted by atomic mass is 10.2. The molecule has 0 atom stereocenters. The van der Waals surface area contributed by atoms with E-state index in [0.717, 1.165) is 11.5 Å². The highest BCUT2D eigenvalue weighted by molar-refractivity contribution is 7.09. The quantitative estimate of drug-likeness (QED) is 0.751. The van der Waals surface area contributed by atoms with Gasteiger partial charge >= 0.3 is 11.9 Å². The normalized spacial score (nSPS) is 9.71. The van der Waals surface area contributed by atoms with Crippen molar-refractivity contribution in [2.45, 2.75) is 0 Å². The van der Waals surface area contributed by atoms with Gasteiger partial charge in [-0.3, -0.25) is 0 Å². The highest BCUT2D eigenvalue weighted by Crippen LogP contribution is 2.25. The van der Waals surface area contributed by atoms with Crippen molar-refractivity contribution >= 4 is 34.8 Å². The van der Waals surface area contributed by atoms with E-state index in [1.165, 1.54) is 34.8 Å². The lowest BCUT2D eigenvalue weighted by Crippen LogP contribution is -1.98. The third-order valence-electron chi connectivity index (χ3n) is 2.13. The van der Waals surface area contributed by atoms with E-state index in [1.54, 1.807) is 6.07 Å². The minimum Gasteiger partial charge on any atom is -0.476 e. The zero-order valence-electron chi connectivity index (χ0n) is 10.2. The molecule has 0 aliphatic carbocycles. The van der Waals surface area contributed by atoms with Crippen LogP contribution < -0.4 is 0 Å². The highest BCUT2D eigenvalue weighted by atomic mass is 32.1. The van der Waals surface area contributed by atoms with E-state index in [0.29, 0.717) is 10.4 Å². The summed E-state index contributed by atoms with van der Waals surface area (Å²) in [6, 6.07) is 1.67. The second-order valence-electron chi connectivity index (χ2n) is 3.45. The molecule has 0 unspecified atom stereocenters. The van der Waals surface area contributed by atoms with Crippen LogP contribution in [0.2, 0.25) is 0 Å². The molecule has 2 N–H and O–H groups in total. The maximum Gasteiger partial charge on any atom is 0.358 e. The van der Waals surface area contributed by atoms with Gasteiger partial charge in [0.05, 0.1) is 22.9 Å². The van der Waals surface area contributed by atoms with Gasteiger partial charge in [0, 0.05) is 10.9 Å². The molecule has 0 aliphatic heterocycles. The van der Waals surface area contributed by atoms with Crippen molar-refractivity contribution < 1.29 is 24.2 Å². The lowest BCUT2D eigenvalue weighted by Gasteiger charge is -1.89. The van der Waals surface area contributed by atoms with Gasteiger partial charge in [-0.15, -0.1) is 16.4 Å². The first-order chi connectivity index (χ1) is 10.1. The Labute approximate surface area is 125 Å². The van der Waals surface area contributed by atoms with E-state index in [2.05, 4.69) is 14.6 Å². The molecule has 0 bridgehead atoms. The van der Waals surface area contributed by atoms with Crippen molar-refractivity contribution in [3.05, 3.63) is 40.9 Å². The Morgan fingerprint density at radius 1 is 1.24 bits per heavy atom. The van der Waals surface area contributed by atoms with Gasteiger partial charge in [-0.25, -0.2) is 14.6 Å². The van der Waals surface area contributed by atoms with Crippen molar-refractivity contribution in [3.8, 4) is 10.4 Å². The van der Waals surface area contributed by atoms with Crippen molar-refractivity contribution in [2.24, 2.45) is 0 Å². The third kappa shape index (κ3) is 3.70. The molecule has 3 aromatic rings. The summed E-state index contributed by atoms with van der Waals surface area (Å²) in [6.45, 7) is 0. The van der Waals surface area contributed by atoms with Gasteiger partial charge < -0.3 is 14.6 Å². The molecule has 0 aromatic carbocycles. The summed E-state index contributed by atoms with van der Waals surface area (Å²) in [5, 5.41) is 21.9. The molecule has 0 saturated heterocycles. The molecule has 3 aromatic heterocycles. The Balaban J connectivity index is 0.000000173. The molecule has 108 valence electrons. The van der Waals surface area contributed by atoms with E-state index in [-0.39, 0.29) is 11.4 Å². The fraction of sp³-hybridized carbons (Fsp3) is 0. The molecule has 0 spiro atoms. The molecule has 3 heterocycles. The fourth-order valence-corrected chi connectivity index (χ4v) is 2.40. The predicted molar refractivity (Wildman–Crippen MR) is 73.6 cm³/mol. The second kappa shape index (κ2) is 6.72. The molecule has 10 heteroatoms. The van der Waals surface area contributed by atoms with Crippen LogP contribution in [0.3, 0.4) is 0 Å². The molecule has 0 aliphatic rings. The second-order valence-corrected chi connectivity index (χ2v) is 4.92. The van der Waals surface area contributed by atoms with Gasteiger partial charge in [-0.05, 0) is 17.6 Å². The van der Waals surface area contributed by atoms with E-state index in [1.807, 2.05) is 0 Å². The van der Waals surface area contributed by atoms with Crippen LogP contribution in [-0.2, 0) is 0 Å². The summed E-state index contributed by atoms with van der Waals surface area (Å²) in [6.07, 6.45) is 2.93. The Bertz CT molecular complexity index is 721. The fourth-order valence-electron chi connectivity index (χ4n) is 1.23. The maximum absolute atomic E-state index is 10.7. The van der Waals surface area contributed by atoms with E-state index >= 15 is 0 Å². The number of hydrogen-bond donors (Lipinski definition) is 2. The minimum atomic E-state index is -1.08. The number of nitrogens with zero attached hydrogens (tertiary/aromatic N) is 3. The van der Waals surface area contributed by atoms with Gasteiger partial charge in [0.2, 0.25) is 0 Å². The summed E-state index contributed by atoms with van der Waals surface area (Å²) in [4.78, 5) is 24.7. The van der Waals surface area contributed by atoms with E-state index in [9.17, 15) is 9.59 Å². The molecular weight excluding hydrogens is 318 g/mol. The zero-order valence-corrected chi connectivity index (χ0v) is 11.8. The number of thiazole rings is 1. The minimum absolute atomic E-state index is 0.0357. The average Bonchev–Trinajstić information content (AvgIpc) is 3.20. The van der Waals surface area contributed by atoms with Crippen LogP contribution in [0, 0.1) is 0 Å². The van der Waals surface area contributed by atoms with Gasteiger partial charge in [0.1, 0.15) is 0 Å². The summed E-state index contributed by atoms with van der Waals surface area (Å²) < 4.78 is 8.40. The van der Waals surface area contributed by atoms with Gasteiger partial charge in [0.25, 0.3) is 0 Å². The molecule has 0 radical (unpaired) electrons. The predicted octanol–water partition coefficient (Wildman–Crippen LogP) is 2.34. The number of furan rings is 1. The monoisotopic (exact) mass is 325 g/mol. The van der Waals surface area contributed by atoms with Crippen molar-refractivity contribution in [2.75, 3.05) is 0 Å². The van der Waals surface area contributed by atoms with Crippen molar-refractivity contribution in [1.82, 2.24) is 14.6 Å². The van der Waals surface area contributed by atoms with E-state index < -0.39 is 11.9 Å². The molecule has 3 rings (SSSR count). The number of rotatable bonds is 3. The number of carboxylic acids is 2.